The van der Waals surface area contributed by atoms with E-state index < -0.39 is 0 Å². The van der Waals surface area contributed by atoms with E-state index >= 15 is 0 Å². The van der Waals surface area contributed by atoms with Crippen LogP contribution in [0.15, 0.2) is 353 Å². The van der Waals surface area contributed by atoms with Gasteiger partial charge in [-0.2, -0.15) is 0 Å². The van der Waals surface area contributed by atoms with Crippen molar-refractivity contribution in [3.8, 4) is 0 Å². The predicted octanol–water partition coefficient (Wildman–Crippen LogP) is 28.9. The fraction of sp³-hybridized carbons (Fsp3) is 0.265. The summed E-state index contributed by atoms with van der Waals surface area (Å²) < 4.78 is 0. The first-order valence-corrected chi connectivity index (χ1v) is 44.6. The predicted molar refractivity (Wildman–Crippen MR) is 539 cm³/mol. The zero-order valence-corrected chi connectivity index (χ0v) is 78.0. The van der Waals surface area contributed by atoms with Crippen LogP contribution < -0.4 is 37.2 Å². The summed E-state index contributed by atoms with van der Waals surface area (Å²) in [5.41, 5.74) is 30.4. The van der Waals surface area contributed by atoms with Crippen LogP contribution in [-0.4, -0.2) is 34.9 Å². The third-order valence-electron chi connectivity index (χ3n) is 21.3. The third-order valence-corrected chi connectivity index (χ3v) is 21.3. The maximum Gasteiger partial charge on any atom is 0.0940 e. The Morgan fingerprint density at radius 2 is 0.583 bits per heavy atom. The number of rotatable bonds is 26. The molecule has 0 saturated heterocycles. The van der Waals surface area contributed by atoms with Crippen LogP contribution in [0.1, 0.15) is 233 Å². The van der Waals surface area contributed by atoms with Gasteiger partial charge in [-0.3, -0.25) is 34.9 Å². The van der Waals surface area contributed by atoms with E-state index in [2.05, 4.69) is 342 Å². The van der Waals surface area contributed by atoms with Gasteiger partial charge >= 0.3 is 0 Å². The van der Waals surface area contributed by atoms with Crippen molar-refractivity contribution in [2.24, 2.45) is 0 Å². The molecule has 0 saturated carbocycles. The summed E-state index contributed by atoms with van der Waals surface area (Å²) >= 11 is 0. The normalized spacial score (nSPS) is 11.4. The molecule has 14 heteroatoms. The molecular weight excluding hydrogens is 1550 g/mol. The van der Waals surface area contributed by atoms with Crippen LogP contribution in [0, 0.1) is 34.6 Å². The first-order valence-electron chi connectivity index (χ1n) is 44.6. The van der Waals surface area contributed by atoms with Crippen LogP contribution in [0.3, 0.4) is 0 Å². The van der Waals surface area contributed by atoms with Crippen molar-refractivity contribution in [3.63, 3.8) is 0 Å². The summed E-state index contributed by atoms with van der Waals surface area (Å²) in [7, 11) is 0. The molecule has 8 aromatic carbocycles. The van der Waals surface area contributed by atoms with Crippen LogP contribution in [0.5, 0.6) is 0 Å². The monoisotopic (exact) mass is 1690 g/mol. The molecule has 0 fully saturated rings. The maximum atomic E-state index is 4.49. The fourth-order valence-corrected chi connectivity index (χ4v) is 14.7. The van der Waals surface area contributed by atoms with Crippen LogP contribution in [0.25, 0.3) is 0 Å². The minimum Gasteiger partial charge on any atom is -0.379 e. The van der Waals surface area contributed by atoms with Crippen LogP contribution in [-0.2, 0) is 31.6 Å². The van der Waals surface area contributed by atoms with E-state index in [0.29, 0.717) is 23.7 Å². The minimum absolute atomic E-state index is 0.0554. The number of benzene rings is 8. The molecule has 0 aliphatic carbocycles. The fourth-order valence-electron chi connectivity index (χ4n) is 14.7. The van der Waals surface area contributed by atoms with Crippen molar-refractivity contribution in [1.82, 2.24) is 34.9 Å². The molecule has 3 atom stereocenters. The Morgan fingerprint density at radius 3 is 0.969 bits per heavy atom. The molecule has 0 aliphatic rings. The summed E-state index contributed by atoms with van der Waals surface area (Å²) in [6.07, 6.45) is 12.8. The zero-order valence-electron chi connectivity index (χ0n) is 78.0. The van der Waals surface area contributed by atoms with E-state index in [1.54, 1.807) is 0 Å². The third kappa shape index (κ3) is 32.5. The number of anilines is 7. The number of pyridine rings is 7. The molecule has 3 unspecified atom stereocenters. The summed E-state index contributed by atoms with van der Waals surface area (Å²) in [5.74, 6) is 2.03. The van der Waals surface area contributed by atoms with Gasteiger partial charge in [-0.1, -0.05) is 276 Å². The van der Waals surface area contributed by atoms with Crippen molar-refractivity contribution < 1.29 is 0 Å². The molecule has 15 aromatic rings. The Balaban J connectivity index is 0.000000168. The smallest absolute Gasteiger partial charge is 0.0940 e. The van der Waals surface area contributed by atoms with Gasteiger partial charge in [0.2, 0.25) is 0 Å². The molecule has 0 bridgehead atoms. The number of nitrogens with one attached hydrogen (secondary N) is 7. The average molecular weight is 1690 g/mol. The Bertz CT molecular complexity index is 5400. The first-order chi connectivity index (χ1) is 61.4. The second-order valence-electron chi connectivity index (χ2n) is 34.0. The number of hydrogen-bond acceptors (Lipinski definition) is 14. The molecule has 0 amide bonds. The van der Waals surface area contributed by atoms with Gasteiger partial charge < -0.3 is 37.2 Å². The number of aryl methyl sites for hydroxylation is 5. The van der Waals surface area contributed by atoms with E-state index in [4.69, 9.17) is 0 Å². The zero-order chi connectivity index (χ0) is 90.7. The van der Waals surface area contributed by atoms with Crippen molar-refractivity contribution >= 4 is 39.8 Å². The van der Waals surface area contributed by atoms with Crippen molar-refractivity contribution in [1.29, 1.82) is 0 Å². The van der Waals surface area contributed by atoms with Crippen molar-refractivity contribution in [2.45, 2.75) is 198 Å². The van der Waals surface area contributed by atoms with Gasteiger partial charge in [0.1, 0.15) is 0 Å². The van der Waals surface area contributed by atoms with Gasteiger partial charge in [-0.25, -0.2) is 0 Å². The molecule has 7 heterocycles. The highest BCUT2D eigenvalue weighted by Gasteiger charge is 2.21. The highest BCUT2D eigenvalue weighted by Crippen LogP contribution is 2.37. The van der Waals surface area contributed by atoms with Crippen LogP contribution in [0.4, 0.5) is 39.8 Å². The summed E-state index contributed by atoms with van der Waals surface area (Å²) in [6, 6.07) is 106. The maximum absolute atomic E-state index is 4.49. The van der Waals surface area contributed by atoms with Gasteiger partial charge in [0.05, 0.1) is 84.2 Å². The number of aromatic nitrogens is 7. The first kappa shape index (κ1) is 97.2. The lowest BCUT2D eigenvalue weighted by Crippen LogP contribution is -2.16. The molecule has 127 heavy (non-hydrogen) atoms. The lowest BCUT2D eigenvalue weighted by Gasteiger charge is -2.25. The van der Waals surface area contributed by atoms with Gasteiger partial charge in [0.25, 0.3) is 0 Å². The van der Waals surface area contributed by atoms with Gasteiger partial charge in [0.15, 0.2) is 0 Å². The van der Waals surface area contributed by atoms with Crippen molar-refractivity contribution in [3.05, 3.63) is 454 Å². The SMILES string of the molecule is CC(C)c1cccc(C(C)C)c1NC(C)c1ccccn1.CC(C)c1cccc(C(C)C)c1NCc1ccccn1.CC(Nc1ccccc1C(C)(C)C)c1ccccn1.Cc1cc(C)c(NCc2ccccn2)c(C)c1.Cc1cccc(C)c1NCc1ccccn1.c1ccc(NC(c2ccccc2)c2ccccn2)cc1.c1ccc(NCc2ccccn2)cc1. The van der Waals surface area contributed by atoms with E-state index in [0.717, 1.165) is 77.4 Å². The summed E-state index contributed by atoms with van der Waals surface area (Å²) in [5, 5.41) is 24.6. The van der Waals surface area contributed by atoms with E-state index in [1.807, 2.05) is 207 Å². The van der Waals surface area contributed by atoms with Gasteiger partial charge in [-0.05, 0) is 248 Å². The number of nitrogens with zero attached hydrogens (tertiary/aromatic N) is 7. The topological polar surface area (TPSA) is 174 Å². The largest absolute Gasteiger partial charge is 0.379 e. The lowest BCUT2D eigenvalue weighted by molar-refractivity contribution is 0.590. The highest BCUT2D eigenvalue weighted by atomic mass is 15.0. The Kier molecular flexibility index (Phi) is 39.5. The Labute approximate surface area is 759 Å². The second kappa shape index (κ2) is 51.6. The standard InChI is InChI=1S/C19H26N2.C18H16N2.C18H24N2.C17H22N2.C15H18N2.C14H16N2.C12H12N2/c1-13(2)16-9-8-10-17(14(3)4)19(16)21-15(5)18-11-6-7-12-20-18;1-3-9-15(10-4-1)18(17-13-7-8-14-19-17)20-16-11-5-2-6-12-16;1-13(2)16-9-7-10-17(14(3)4)18(16)20-12-15-8-5-6-11-19-15;1-13(15-10-7-8-12-18-15)19-16-11-6-5-9-14(16)17(2,3)4;1-11-8-12(2)15(13(3)9-11)17-10-14-6-4-5-7-16-14;1-11-6-5-7-12(2)14(11)16-10-13-8-3-4-9-15-13;1-2-6-11(7-3-1)14-10-12-8-4-5-9-13-12/h6-15,21H,1-5H3;1-14,18,20H;5-11,13-14,20H,12H2,1-4H3;5-13,19H,1-4H3;4-9,17H,10H2,1-3H3;3-9,16H,10H2,1-2H3;1-9,14H,10H2. The second-order valence-corrected chi connectivity index (χ2v) is 34.0. The number of hydrogen-bond donors (Lipinski definition) is 7. The van der Waals surface area contributed by atoms with E-state index in [9.17, 15) is 0 Å². The molecule has 15 rings (SSSR count). The molecule has 0 aliphatic heterocycles. The Morgan fingerprint density at radius 1 is 0.260 bits per heavy atom. The van der Waals surface area contributed by atoms with E-state index in [-0.39, 0.29) is 23.5 Å². The van der Waals surface area contributed by atoms with E-state index in [1.165, 1.54) is 89.6 Å². The van der Waals surface area contributed by atoms with Crippen molar-refractivity contribution in [2.75, 3.05) is 37.2 Å². The van der Waals surface area contributed by atoms with Gasteiger partial charge in [0, 0.05) is 83.2 Å². The van der Waals surface area contributed by atoms with Crippen LogP contribution >= 0.6 is 0 Å². The van der Waals surface area contributed by atoms with Crippen LogP contribution in [0.2, 0.25) is 0 Å². The summed E-state index contributed by atoms with van der Waals surface area (Å²) in [4.78, 5) is 30.6. The molecule has 14 nitrogen and oxygen atoms in total. The van der Waals surface area contributed by atoms with Gasteiger partial charge in [-0.15, -0.1) is 0 Å². The minimum atomic E-state index is 0.0554. The number of para-hydroxylation sites is 6. The molecular formula is C113H134N14. The average Bonchev–Trinajstić information content (AvgIpc) is 0.834. The Hall–Kier alpha value is -13.6. The molecule has 7 N–H and O–H groups in total. The lowest BCUT2D eigenvalue weighted by atomic mass is 9.85. The quantitative estimate of drug-likeness (QED) is 0.0273. The molecule has 7 aromatic heterocycles. The highest BCUT2D eigenvalue weighted by molar-refractivity contribution is 5.63. The molecule has 0 radical (unpaired) electrons. The molecule has 0 spiro atoms. The summed E-state index contributed by atoms with van der Waals surface area (Å²) in [6.45, 7) is 42.7. The molecule has 656 valence electrons.